The molecular formula is C18H25NO. The molecule has 0 spiro atoms. The van der Waals surface area contributed by atoms with Crippen molar-refractivity contribution in [2.24, 2.45) is 15.8 Å². The lowest BCUT2D eigenvalue weighted by molar-refractivity contribution is 0.290. The number of aliphatic imine (C=N–C) groups is 1. The lowest BCUT2D eigenvalue weighted by Crippen LogP contribution is -2.18. The number of rotatable bonds is 1. The van der Waals surface area contributed by atoms with Crippen LogP contribution < -0.4 is 0 Å². The number of aryl methyl sites for hydroxylation is 2. The van der Waals surface area contributed by atoms with Gasteiger partial charge in [0.25, 0.3) is 0 Å². The monoisotopic (exact) mass is 271 g/mol. The molecule has 2 heteroatoms. The second kappa shape index (κ2) is 4.76. The third kappa shape index (κ3) is 2.79. The van der Waals surface area contributed by atoms with Gasteiger partial charge in [0.15, 0.2) is 0 Å². The van der Waals surface area contributed by atoms with Crippen molar-refractivity contribution in [1.29, 1.82) is 0 Å². The predicted octanol–water partition coefficient (Wildman–Crippen LogP) is 5.32. The van der Waals surface area contributed by atoms with E-state index in [4.69, 9.17) is 9.73 Å². The van der Waals surface area contributed by atoms with Crippen molar-refractivity contribution in [2.75, 3.05) is 0 Å². The molecule has 2 rings (SSSR count). The molecule has 0 saturated carbocycles. The largest absolute Gasteiger partial charge is 0.446 e. The highest BCUT2D eigenvalue weighted by Gasteiger charge is 2.37. The van der Waals surface area contributed by atoms with Gasteiger partial charge in [-0.3, -0.25) is 0 Å². The first kappa shape index (κ1) is 14.8. The first-order valence-corrected chi connectivity index (χ1v) is 7.18. The third-order valence-corrected chi connectivity index (χ3v) is 3.64. The van der Waals surface area contributed by atoms with Crippen LogP contribution in [0.4, 0.5) is 5.69 Å². The van der Waals surface area contributed by atoms with E-state index >= 15 is 0 Å². The number of ether oxygens (including phenoxy) is 1. The van der Waals surface area contributed by atoms with E-state index < -0.39 is 0 Å². The molecule has 20 heavy (non-hydrogen) atoms. The molecule has 0 atom stereocenters. The second-order valence-corrected chi connectivity index (χ2v) is 7.24. The molecule has 0 radical (unpaired) electrons. The van der Waals surface area contributed by atoms with E-state index in [0.29, 0.717) is 0 Å². The summed E-state index contributed by atoms with van der Waals surface area (Å²) in [6.07, 6.45) is 2.19. The summed E-state index contributed by atoms with van der Waals surface area (Å²) in [6.45, 7) is 15.0. The molecule has 1 heterocycles. The summed E-state index contributed by atoms with van der Waals surface area (Å²) < 4.78 is 6.07. The van der Waals surface area contributed by atoms with Gasteiger partial charge in [0.05, 0.1) is 11.1 Å². The van der Waals surface area contributed by atoms with E-state index in [-0.39, 0.29) is 10.8 Å². The quantitative estimate of drug-likeness (QED) is 0.677. The van der Waals surface area contributed by atoms with Gasteiger partial charge in [-0.15, -0.1) is 0 Å². The second-order valence-electron chi connectivity index (χ2n) is 7.24. The van der Waals surface area contributed by atoms with E-state index in [0.717, 1.165) is 17.3 Å². The van der Waals surface area contributed by atoms with E-state index in [9.17, 15) is 0 Å². The van der Waals surface area contributed by atoms with E-state index in [2.05, 4.69) is 72.7 Å². The van der Waals surface area contributed by atoms with Crippen LogP contribution in [0.1, 0.15) is 45.7 Å². The average molecular weight is 271 g/mol. The van der Waals surface area contributed by atoms with Gasteiger partial charge >= 0.3 is 0 Å². The maximum atomic E-state index is 6.07. The van der Waals surface area contributed by atoms with Gasteiger partial charge in [-0.25, -0.2) is 4.99 Å². The van der Waals surface area contributed by atoms with Crippen molar-refractivity contribution in [3.63, 3.8) is 0 Å². The Balaban J connectivity index is 2.43. The summed E-state index contributed by atoms with van der Waals surface area (Å²) in [7, 11) is 0. The minimum Gasteiger partial charge on any atom is -0.446 e. The summed E-state index contributed by atoms with van der Waals surface area (Å²) in [5, 5.41) is 0. The fourth-order valence-electron chi connectivity index (χ4n) is 2.27. The normalized spacial score (nSPS) is 19.9. The topological polar surface area (TPSA) is 21.6 Å². The van der Waals surface area contributed by atoms with Crippen molar-refractivity contribution in [3.8, 4) is 0 Å². The van der Waals surface area contributed by atoms with Crippen molar-refractivity contribution in [3.05, 3.63) is 41.2 Å². The van der Waals surface area contributed by atoms with Crippen molar-refractivity contribution >= 4 is 11.6 Å². The summed E-state index contributed by atoms with van der Waals surface area (Å²) in [6, 6.07) is 6.24. The zero-order valence-corrected chi connectivity index (χ0v) is 13.7. The molecule has 0 amide bonds. The van der Waals surface area contributed by atoms with Crippen LogP contribution in [0.2, 0.25) is 0 Å². The molecule has 1 aliphatic heterocycles. The van der Waals surface area contributed by atoms with Crippen LogP contribution in [0.5, 0.6) is 0 Å². The Morgan fingerprint density at radius 1 is 1.05 bits per heavy atom. The van der Waals surface area contributed by atoms with Gasteiger partial charge in [-0.05, 0) is 44.9 Å². The number of hydrogen-bond acceptors (Lipinski definition) is 2. The molecule has 0 fully saturated rings. The molecule has 0 saturated heterocycles. The number of benzene rings is 1. The highest BCUT2D eigenvalue weighted by atomic mass is 16.5. The lowest BCUT2D eigenvalue weighted by Gasteiger charge is -2.20. The number of nitrogens with zero attached hydrogens (tertiary/aromatic N) is 1. The maximum Gasteiger partial charge on any atom is 0.204 e. The zero-order chi connectivity index (χ0) is 15.1. The third-order valence-electron chi connectivity index (χ3n) is 3.64. The molecule has 0 bridgehead atoms. The van der Waals surface area contributed by atoms with Crippen LogP contribution in [0.3, 0.4) is 0 Å². The first-order chi connectivity index (χ1) is 9.11. The molecular weight excluding hydrogens is 246 g/mol. The molecule has 108 valence electrons. The predicted molar refractivity (Wildman–Crippen MR) is 85.4 cm³/mol. The van der Waals surface area contributed by atoms with Gasteiger partial charge in [0.2, 0.25) is 5.90 Å². The Morgan fingerprint density at radius 2 is 1.60 bits per heavy atom. The Kier molecular flexibility index (Phi) is 3.53. The fraction of sp³-hybridized carbons (Fsp3) is 0.500. The summed E-state index contributed by atoms with van der Waals surface area (Å²) in [4.78, 5) is 4.82. The van der Waals surface area contributed by atoms with Crippen molar-refractivity contribution in [1.82, 2.24) is 0 Å². The Labute approximate surface area is 122 Å². The fourth-order valence-corrected chi connectivity index (χ4v) is 2.27. The number of hydrogen-bond donors (Lipinski definition) is 0. The number of allylic oxidation sites excluding steroid dienone is 1. The Hall–Kier alpha value is -1.57. The lowest BCUT2D eigenvalue weighted by atomic mass is 9.88. The molecule has 0 N–H and O–H groups in total. The smallest absolute Gasteiger partial charge is 0.204 e. The molecule has 1 aliphatic rings. The van der Waals surface area contributed by atoms with Crippen LogP contribution in [0.15, 0.2) is 35.0 Å². The standard InChI is InChI=1S/C18H25NO/c1-12-9-8-10-13(2)15(12)19-16-18(6,7)11-14(20-16)17(3,4)5/h8-11H,1-7H3. The van der Waals surface area contributed by atoms with E-state index in [1.807, 2.05) is 0 Å². The van der Waals surface area contributed by atoms with Gasteiger partial charge in [-0.2, -0.15) is 0 Å². The maximum absolute atomic E-state index is 6.07. The first-order valence-electron chi connectivity index (χ1n) is 7.18. The molecule has 0 aromatic heterocycles. The summed E-state index contributed by atoms with van der Waals surface area (Å²) in [5.41, 5.74) is 3.24. The van der Waals surface area contributed by atoms with E-state index in [1.165, 1.54) is 11.1 Å². The van der Waals surface area contributed by atoms with Crippen molar-refractivity contribution < 1.29 is 4.74 Å². The Bertz CT molecular complexity index is 566. The highest BCUT2D eigenvalue weighted by molar-refractivity contribution is 5.90. The van der Waals surface area contributed by atoms with Gasteiger partial charge < -0.3 is 4.74 Å². The Morgan fingerprint density at radius 3 is 2.05 bits per heavy atom. The summed E-state index contributed by atoms with van der Waals surface area (Å²) in [5.74, 6) is 1.80. The van der Waals surface area contributed by atoms with Crippen LogP contribution in [0.25, 0.3) is 0 Å². The number of para-hydroxylation sites is 1. The van der Waals surface area contributed by atoms with E-state index in [1.54, 1.807) is 0 Å². The van der Waals surface area contributed by atoms with Gasteiger partial charge in [0, 0.05) is 5.41 Å². The molecule has 2 nitrogen and oxygen atoms in total. The van der Waals surface area contributed by atoms with Crippen LogP contribution in [0, 0.1) is 24.7 Å². The van der Waals surface area contributed by atoms with Crippen LogP contribution in [-0.4, -0.2) is 5.90 Å². The SMILES string of the molecule is Cc1cccc(C)c1N=C1OC(C(C)(C)C)=CC1(C)C. The zero-order valence-electron chi connectivity index (χ0n) is 13.7. The van der Waals surface area contributed by atoms with Crippen LogP contribution in [-0.2, 0) is 4.74 Å². The highest BCUT2D eigenvalue weighted by Crippen LogP contribution is 2.40. The molecule has 1 aromatic carbocycles. The van der Waals surface area contributed by atoms with Crippen LogP contribution >= 0.6 is 0 Å². The molecule has 0 aliphatic carbocycles. The minimum absolute atomic E-state index is 0.00924. The van der Waals surface area contributed by atoms with Crippen molar-refractivity contribution in [2.45, 2.75) is 48.5 Å². The average Bonchev–Trinajstić information content (AvgIpc) is 2.59. The van der Waals surface area contributed by atoms with Gasteiger partial charge in [-0.1, -0.05) is 39.0 Å². The summed E-state index contributed by atoms with van der Waals surface area (Å²) >= 11 is 0. The molecule has 0 unspecified atom stereocenters. The minimum atomic E-state index is -0.155. The molecule has 1 aromatic rings. The van der Waals surface area contributed by atoms with Gasteiger partial charge in [0.1, 0.15) is 5.76 Å².